The molecule has 6 heteroatoms. The number of benzene rings is 1. The highest BCUT2D eigenvalue weighted by atomic mass is 16.5. The quantitative estimate of drug-likeness (QED) is 0.700. The summed E-state index contributed by atoms with van der Waals surface area (Å²) in [4.78, 5) is 24.4. The molecular formula is C14H19NO5. The van der Waals surface area contributed by atoms with Crippen molar-refractivity contribution in [1.82, 2.24) is 4.90 Å². The Kier molecular flexibility index (Phi) is 7.13. The lowest BCUT2D eigenvalue weighted by Crippen LogP contribution is -2.38. The molecule has 0 spiro atoms. The van der Waals surface area contributed by atoms with E-state index in [0.29, 0.717) is 5.75 Å². The summed E-state index contributed by atoms with van der Waals surface area (Å²) in [5.74, 6) is -0.0886. The van der Waals surface area contributed by atoms with Gasteiger partial charge in [-0.2, -0.15) is 0 Å². The number of carbonyl (C=O) groups is 2. The molecule has 0 aliphatic carbocycles. The number of aliphatic hydroxyl groups is 1. The lowest BCUT2D eigenvalue weighted by molar-refractivity contribution is -0.142. The van der Waals surface area contributed by atoms with E-state index in [9.17, 15) is 9.59 Å². The standard InChI is InChI=1S/C14H19NO5/c1-19-14(18)7-8-15(9-10-16)13(17)11-20-12-5-3-2-4-6-12/h2-6,16H,7-11H2,1H3. The predicted molar refractivity (Wildman–Crippen MR) is 72.2 cm³/mol. The molecule has 1 aromatic rings. The maximum atomic E-state index is 11.9. The second-order valence-electron chi connectivity index (χ2n) is 4.03. The fourth-order valence-electron chi connectivity index (χ4n) is 1.56. The SMILES string of the molecule is COC(=O)CCN(CCO)C(=O)COc1ccccc1. The molecule has 110 valence electrons. The molecule has 1 N–H and O–H groups in total. The van der Waals surface area contributed by atoms with Gasteiger partial charge in [0.05, 0.1) is 20.1 Å². The Balaban J connectivity index is 2.44. The molecule has 20 heavy (non-hydrogen) atoms. The van der Waals surface area contributed by atoms with Gasteiger partial charge >= 0.3 is 5.97 Å². The van der Waals surface area contributed by atoms with Crippen molar-refractivity contribution in [2.24, 2.45) is 0 Å². The molecule has 0 aromatic heterocycles. The molecule has 1 amide bonds. The second-order valence-corrected chi connectivity index (χ2v) is 4.03. The van der Waals surface area contributed by atoms with Gasteiger partial charge < -0.3 is 19.5 Å². The molecule has 1 rings (SSSR count). The van der Waals surface area contributed by atoms with Crippen LogP contribution in [0.2, 0.25) is 0 Å². The average Bonchev–Trinajstić information content (AvgIpc) is 2.49. The monoisotopic (exact) mass is 281 g/mol. The Hall–Kier alpha value is -2.08. The molecule has 0 unspecified atom stereocenters. The molecule has 0 saturated carbocycles. The Morgan fingerprint density at radius 3 is 2.50 bits per heavy atom. The van der Waals surface area contributed by atoms with Crippen LogP contribution in [0.4, 0.5) is 0 Å². The predicted octanol–water partition coefficient (Wildman–Crippen LogP) is 0.449. The number of nitrogens with zero attached hydrogens (tertiary/aromatic N) is 1. The van der Waals surface area contributed by atoms with Crippen molar-refractivity contribution >= 4 is 11.9 Å². The summed E-state index contributed by atoms with van der Waals surface area (Å²) in [7, 11) is 1.29. The van der Waals surface area contributed by atoms with Gasteiger partial charge in [-0.1, -0.05) is 18.2 Å². The summed E-state index contributed by atoms with van der Waals surface area (Å²) in [5, 5.41) is 8.94. The molecule has 0 bridgehead atoms. The molecule has 0 fully saturated rings. The van der Waals surface area contributed by atoms with Gasteiger partial charge in [0.2, 0.25) is 0 Å². The summed E-state index contributed by atoms with van der Waals surface area (Å²) < 4.78 is 9.86. The van der Waals surface area contributed by atoms with Crippen molar-refractivity contribution in [2.45, 2.75) is 6.42 Å². The van der Waals surface area contributed by atoms with Crippen molar-refractivity contribution in [3.05, 3.63) is 30.3 Å². The van der Waals surface area contributed by atoms with Gasteiger partial charge in [0.25, 0.3) is 5.91 Å². The van der Waals surface area contributed by atoms with Crippen molar-refractivity contribution < 1.29 is 24.2 Å². The molecule has 0 aliphatic heterocycles. The van der Waals surface area contributed by atoms with Crippen LogP contribution in [0.15, 0.2) is 30.3 Å². The lowest BCUT2D eigenvalue weighted by Gasteiger charge is -2.21. The summed E-state index contributed by atoms with van der Waals surface area (Å²) in [6.07, 6.45) is 0.0909. The van der Waals surface area contributed by atoms with Crippen molar-refractivity contribution in [3.8, 4) is 5.75 Å². The first-order valence-corrected chi connectivity index (χ1v) is 6.30. The molecule has 0 heterocycles. The van der Waals surface area contributed by atoms with E-state index in [0.717, 1.165) is 0 Å². The third kappa shape index (κ3) is 5.71. The number of hydrogen-bond acceptors (Lipinski definition) is 5. The summed E-state index contributed by atoms with van der Waals surface area (Å²) in [6, 6.07) is 8.96. The van der Waals surface area contributed by atoms with E-state index in [1.807, 2.05) is 18.2 Å². The van der Waals surface area contributed by atoms with Crippen molar-refractivity contribution in [3.63, 3.8) is 0 Å². The topological polar surface area (TPSA) is 76.1 Å². The minimum Gasteiger partial charge on any atom is -0.484 e. The van der Waals surface area contributed by atoms with Crippen LogP contribution in [0.3, 0.4) is 0 Å². The van der Waals surface area contributed by atoms with Crippen LogP contribution in [0.5, 0.6) is 5.75 Å². The average molecular weight is 281 g/mol. The number of amides is 1. The second kappa shape index (κ2) is 8.92. The van der Waals surface area contributed by atoms with E-state index >= 15 is 0 Å². The third-order valence-corrected chi connectivity index (χ3v) is 2.64. The Bertz CT molecular complexity index is 421. The number of ether oxygens (including phenoxy) is 2. The van der Waals surface area contributed by atoms with E-state index in [2.05, 4.69) is 4.74 Å². The van der Waals surface area contributed by atoms with E-state index in [1.165, 1.54) is 12.0 Å². The van der Waals surface area contributed by atoms with E-state index < -0.39 is 5.97 Å². The zero-order valence-corrected chi connectivity index (χ0v) is 11.4. The van der Waals surface area contributed by atoms with Gasteiger partial charge in [-0.05, 0) is 12.1 Å². The molecule has 0 saturated heterocycles. The van der Waals surface area contributed by atoms with E-state index in [1.54, 1.807) is 12.1 Å². The number of esters is 1. The van der Waals surface area contributed by atoms with E-state index in [4.69, 9.17) is 9.84 Å². The van der Waals surface area contributed by atoms with Crippen LogP contribution in [0.25, 0.3) is 0 Å². The highest BCUT2D eigenvalue weighted by molar-refractivity contribution is 5.78. The number of methoxy groups -OCH3 is 1. The molecular weight excluding hydrogens is 262 g/mol. The molecule has 0 radical (unpaired) electrons. The van der Waals surface area contributed by atoms with Crippen molar-refractivity contribution in [1.29, 1.82) is 0 Å². The lowest BCUT2D eigenvalue weighted by atomic mass is 10.3. The Labute approximate surface area is 117 Å². The number of rotatable bonds is 8. The molecule has 0 aliphatic rings. The first-order chi connectivity index (χ1) is 9.67. The number of para-hydroxylation sites is 1. The third-order valence-electron chi connectivity index (χ3n) is 2.64. The van der Waals surface area contributed by atoms with Gasteiger partial charge in [0, 0.05) is 13.1 Å². The van der Waals surface area contributed by atoms with Crippen LogP contribution >= 0.6 is 0 Å². The molecule has 6 nitrogen and oxygen atoms in total. The first kappa shape index (κ1) is 16.0. The van der Waals surface area contributed by atoms with Gasteiger partial charge in [-0.3, -0.25) is 9.59 Å². The fraction of sp³-hybridized carbons (Fsp3) is 0.429. The van der Waals surface area contributed by atoms with Crippen LogP contribution in [-0.2, 0) is 14.3 Å². The Morgan fingerprint density at radius 1 is 1.20 bits per heavy atom. The highest BCUT2D eigenvalue weighted by Crippen LogP contribution is 2.08. The normalized spacial score (nSPS) is 9.90. The summed E-state index contributed by atoms with van der Waals surface area (Å²) in [5.41, 5.74) is 0. The largest absolute Gasteiger partial charge is 0.484 e. The highest BCUT2D eigenvalue weighted by Gasteiger charge is 2.15. The summed E-state index contributed by atoms with van der Waals surface area (Å²) >= 11 is 0. The van der Waals surface area contributed by atoms with Gasteiger partial charge in [0.1, 0.15) is 5.75 Å². The number of carbonyl (C=O) groups excluding carboxylic acids is 2. The minimum atomic E-state index is -0.398. The van der Waals surface area contributed by atoms with E-state index in [-0.39, 0.29) is 38.6 Å². The number of aliphatic hydroxyl groups excluding tert-OH is 1. The minimum absolute atomic E-state index is 0.0909. The smallest absolute Gasteiger partial charge is 0.307 e. The summed E-state index contributed by atoms with van der Waals surface area (Å²) in [6.45, 7) is 0.0572. The molecule has 0 atom stereocenters. The van der Waals surface area contributed by atoms with Crippen LogP contribution in [0.1, 0.15) is 6.42 Å². The van der Waals surface area contributed by atoms with Crippen LogP contribution < -0.4 is 4.74 Å². The zero-order valence-electron chi connectivity index (χ0n) is 11.4. The maximum absolute atomic E-state index is 11.9. The van der Waals surface area contributed by atoms with Crippen molar-refractivity contribution in [2.75, 3.05) is 33.4 Å². The first-order valence-electron chi connectivity index (χ1n) is 6.30. The number of hydrogen-bond donors (Lipinski definition) is 1. The van der Waals surface area contributed by atoms with Crippen LogP contribution in [0, 0.1) is 0 Å². The van der Waals surface area contributed by atoms with Gasteiger partial charge in [-0.15, -0.1) is 0 Å². The van der Waals surface area contributed by atoms with Crippen LogP contribution in [-0.4, -0.2) is 55.3 Å². The maximum Gasteiger partial charge on any atom is 0.307 e. The van der Waals surface area contributed by atoms with Gasteiger partial charge in [0.15, 0.2) is 6.61 Å². The van der Waals surface area contributed by atoms with Gasteiger partial charge in [-0.25, -0.2) is 0 Å². The molecule has 1 aromatic carbocycles. The Morgan fingerprint density at radius 2 is 1.90 bits per heavy atom. The zero-order chi connectivity index (χ0) is 14.8. The fourth-order valence-corrected chi connectivity index (χ4v) is 1.56.